The lowest BCUT2D eigenvalue weighted by atomic mass is 10.2. The number of nitrogens with zero attached hydrogens (tertiary/aromatic N) is 1. The standard InChI is InChI=1S/C9H9NO2S/c1-2-3-10-8(11)6-4-13-5-7(6)9(10)12/h4-5H,2-3H2,1H3. The number of rotatable bonds is 2. The van der Waals surface area contributed by atoms with Crippen molar-refractivity contribution in [1.82, 2.24) is 4.90 Å². The average molecular weight is 195 g/mol. The second kappa shape index (κ2) is 2.96. The first-order chi connectivity index (χ1) is 6.25. The van der Waals surface area contributed by atoms with Crippen LogP contribution in [0.2, 0.25) is 0 Å². The third kappa shape index (κ3) is 1.09. The van der Waals surface area contributed by atoms with Gasteiger partial charge in [0.15, 0.2) is 0 Å². The lowest BCUT2D eigenvalue weighted by molar-refractivity contribution is 0.0654. The first kappa shape index (κ1) is 8.44. The molecule has 0 saturated carbocycles. The van der Waals surface area contributed by atoms with Crippen molar-refractivity contribution >= 4 is 23.2 Å². The minimum absolute atomic E-state index is 0.136. The zero-order chi connectivity index (χ0) is 9.42. The number of hydrogen-bond acceptors (Lipinski definition) is 3. The van der Waals surface area contributed by atoms with E-state index < -0.39 is 0 Å². The number of thiophene rings is 1. The highest BCUT2D eigenvalue weighted by Gasteiger charge is 2.35. The van der Waals surface area contributed by atoms with E-state index in [4.69, 9.17) is 0 Å². The van der Waals surface area contributed by atoms with Crippen LogP contribution in [0.5, 0.6) is 0 Å². The molecule has 0 unspecified atom stereocenters. The molecule has 0 radical (unpaired) electrons. The lowest BCUT2D eigenvalue weighted by Crippen LogP contribution is -2.30. The highest BCUT2D eigenvalue weighted by atomic mass is 32.1. The van der Waals surface area contributed by atoms with Gasteiger partial charge in [-0.3, -0.25) is 14.5 Å². The Hall–Kier alpha value is -1.16. The van der Waals surface area contributed by atoms with E-state index in [0.29, 0.717) is 17.7 Å². The summed E-state index contributed by atoms with van der Waals surface area (Å²) in [6, 6.07) is 0. The van der Waals surface area contributed by atoms with Crippen molar-refractivity contribution in [2.45, 2.75) is 13.3 Å². The molecule has 0 atom stereocenters. The Labute approximate surface area is 80.0 Å². The molecule has 0 spiro atoms. The summed E-state index contributed by atoms with van der Waals surface area (Å²) < 4.78 is 0. The predicted molar refractivity (Wildman–Crippen MR) is 50.0 cm³/mol. The molecule has 4 heteroatoms. The van der Waals surface area contributed by atoms with Crippen molar-refractivity contribution in [3.05, 3.63) is 21.9 Å². The Balaban J connectivity index is 2.37. The number of hydrogen-bond donors (Lipinski definition) is 0. The third-order valence-corrected chi connectivity index (χ3v) is 2.80. The van der Waals surface area contributed by atoms with Gasteiger partial charge in [-0.05, 0) is 6.42 Å². The van der Waals surface area contributed by atoms with Crippen LogP contribution in [0.15, 0.2) is 10.8 Å². The van der Waals surface area contributed by atoms with Gasteiger partial charge in [-0.15, -0.1) is 0 Å². The highest BCUT2D eigenvalue weighted by molar-refractivity contribution is 7.08. The van der Waals surface area contributed by atoms with Gasteiger partial charge in [0.25, 0.3) is 11.8 Å². The summed E-state index contributed by atoms with van der Waals surface area (Å²) in [6.45, 7) is 2.48. The largest absolute Gasteiger partial charge is 0.274 e. The van der Waals surface area contributed by atoms with E-state index in [0.717, 1.165) is 6.42 Å². The molecule has 0 aliphatic carbocycles. The van der Waals surface area contributed by atoms with Crippen molar-refractivity contribution in [3.8, 4) is 0 Å². The van der Waals surface area contributed by atoms with Crippen LogP contribution < -0.4 is 0 Å². The van der Waals surface area contributed by atoms with E-state index in [1.807, 2.05) is 6.92 Å². The van der Waals surface area contributed by atoms with E-state index >= 15 is 0 Å². The van der Waals surface area contributed by atoms with Gasteiger partial charge >= 0.3 is 0 Å². The van der Waals surface area contributed by atoms with E-state index in [2.05, 4.69) is 0 Å². The number of carbonyl (C=O) groups excluding carboxylic acids is 2. The maximum Gasteiger partial charge on any atom is 0.262 e. The van der Waals surface area contributed by atoms with Gasteiger partial charge in [-0.25, -0.2) is 0 Å². The van der Waals surface area contributed by atoms with Crippen molar-refractivity contribution in [2.75, 3.05) is 6.54 Å². The number of fused-ring (bicyclic) bond motifs is 1. The van der Waals surface area contributed by atoms with Crippen molar-refractivity contribution < 1.29 is 9.59 Å². The molecule has 1 aliphatic rings. The van der Waals surface area contributed by atoms with Crippen LogP contribution in [-0.2, 0) is 0 Å². The van der Waals surface area contributed by atoms with Crippen LogP contribution in [-0.4, -0.2) is 23.3 Å². The van der Waals surface area contributed by atoms with E-state index in [-0.39, 0.29) is 11.8 Å². The molecule has 2 heterocycles. The Morgan fingerprint density at radius 2 is 1.77 bits per heavy atom. The maximum atomic E-state index is 11.6. The fourth-order valence-corrected chi connectivity index (χ4v) is 2.23. The lowest BCUT2D eigenvalue weighted by Gasteiger charge is -2.11. The van der Waals surface area contributed by atoms with Gasteiger partial charge < -0.3 is 0 Å². The molecule has 0 bridgehead atoms. The Morgan fingerprint density at radius 1 is 1.23 bits per heavy atom. The first-order valence-corrected chi connectivity index (χ1v) is 5.12. The van der Waals surface area contributed by atoms with Crippen molar-refractivity contribution in [3.63, 3.8) is 0 Å². The molecule has 1 aromatic heterocycles. The molecule has 0 aromatic carbocycles. The average Bonchev–Trinajstić information content (AvgIpc) is 2.66. The highest BCUT2D eigenvalue weighted by Crippen LogP contribution is 2.25. The summed E-state index contributed by atoms with van der Waals surface area (Å²) in [6.07, 6.45) is 0.811. The molecular formula is C9H9NO2S. The van der Waals surface area contributed by atoms with Crippen LogP contribution in [0.4, 0.5) is 0 Å². The van der Waals surface area contributed by atoms with Gasteiger partial charge in [-0.1, -0.05) is 6.92 Å². The zero-order valence-corrected chi connectivity index (χ0v) is 8.06. The van der Waals surface area contributed by atoms with Crippen molar-refractivity contribution in [2.24, 2.45) is 0 Å². The summed E-state index contributed by atoms with van der Waals surface area (Å²) >= 11 is 1.40. The fraction of sp³-hybridized carbons (Fsp3) is 0.333. The quantitative estimate of drug-likeness (QED) is 0.674. The van der Waals surface area contributed by atoms with Crippen LogP contribution >= 0.6 is 11.3 Å². The van der Waals surface area contributed by atoms with Crippen LogP contribution in [0.1, 0.15) is 34.1 Å². The van der Waals surface area contributed by atoms with Gasteiger partial charge in [0.05, 0.1) is 11.1 Å². The second-order valence-electron chi connectivity index (χ2n) is 2.96. The molecule has 1 aromatic rings. The Kier molecular flexibility index (Phi) is 1.92. The number of carbonyl (C=O) groups is 2. The Morgan fingerprint density at radius 3 is 2.23 bits per heavy atom. The van der Waals surface area contributed by atoms with Crippen LogP contribution in [0, 0.1) is 0 Å². The molecule has 2 amide bonds. The zero-order valence-electron chi connectivity index (χ0n) is 7.24. The number of amides is 2. The summed E-state index contributed by atoms with van der Waals surface area (Å²) in [5, 5.41) is 3.48. The Bertz CT molecular complexity index is 339. The minimum Gasteiger partial charge on any atom is -0.274 e. The van der Waals surface area contributed by atoms with Gasteiger partial charge in [0, 0.05) is 17.3 Å². The van der Waals surface area contributed by atoms with Crippen LogP contribution in [0.3, 0.4) is 0 Å². The summed E-state index contributed by atoms with van der Waals surface area (Å²) in [7, 11) is 0. The summed E-state index contributed by atoms with van der Waals surface area (Å²) in [5.74, 6) is -0.272. The molecule has 0 saturated heterocycles. The second-order valence-corrected chi connectivity index (χ2v) is 3.70. The van der Waals surface area contributed by atoms with Gasteiger partial charge in [0.2, 0.25) is 0 Å². The van der Waals surface area contributed by atoms with Gasteiger partial charge in [-0.2, -0.15) is 11.3 Å². The molecule has 1 aliphatic heterocycles. The summed E-state index contributed by atoms with van der Waals surface area (Å²) in [5.41, 5.74) is 1.15. The minimum atomic E-state index is -0.136. The van der Waals surface area contributed by atoms with E-state index in [1.165, 1.54) is 16.2 Å². The smallest absolute Gasteiger partial charge is 0.262 e. The normalized spacial score (nSPS) is 15.3. The molecule has 13 heavy (non-hydrogen) atoms. The third-order valence-electron chi connectivity index (χ3n) is 2.06. The molecule has 0 N–H and O–H groups in total. The molecule has 68 valence electrons. The van der Waals surface area contributed by atoms with E-state index in [9.17, 15) is 9.59 Å². The van der Waals surface area contributed by atoms with E-state index in [1.54, 1.807) is 10.8 Å². The monoisotopic (exact) mass is 195 g/mol. The fourth-order valence-electron chi connectivity index (χ4n) is 1.44. The number of imide groups is 1. The molecule has 3 nitrogen and oxygen atoms in total. The predicted octanol–water partition coefficient (Wildman–Crippen LogP) is 1.75. The van der Waals surface area contributed by atoms with Crippen LogP contribution in [0.25, 0.3) is 0 Å². The molecular weight excluding hydrogens is 186 g/mol. The first-order valence-electron chi connectivity index (χ1n) is 4.18. The topological polar surface area (TPSA) is 37.4 Å². The maximum absolute atomic E-state index is 11.6. The van der Waals surface area contributed by atoms with Gasteiger partial charge in [0.1, 0.15) is 0 Å². The summed E-state index contributed by atoms with van der Waals surface area (Å²) in [4.78, 5) is 24.5. The molecule has 2 rings (SSSR count). The van der Waals surface area contributed by atoms with Crippen molar-refractivity contribution in [1.29, 1.82) is 0 Å². The molecule has 0 fully saturated rings. The SMILES string of the molecule is CCCN1C(=O)c2cscc2C1=O.